The van der Waals surface area contributed by atoms with Crippen molar-refractivity contribution in [1.82, 2.24) is 24.7 Å². The predicted molar refractivity (Wildman–Crippen MR) is 85.4 cm³/mol. The monoisotopic (exact) mass is 305 g/mol. The van der Waals surface area contributed by atoms with Crippen LogP contribution >= 0.6 is 0 Å². The van der Waals surface area contributed by atoms with E-state index in [0.29, 0.717) is 12.6 Å². The first-order valence-corrected chi connectivity index (χ1v) is 8.48. The lowest BCUT2D eigenvalue weighted by atomic mass is 10.1. The molecule has 22 heavy (non-hydrogen) atoms. The molecular formula is C16H27N5O. The zero-order valence-electron chi connectivity index (χ0n) is 13.7. The summed E-state index contributed by atoms with van der Waals surface area (Å²) < 4.78 is 0. The number of nitrogens with zero attached hydrogens (tertiary/aromatic N) is 4. The van der Waals surface area contributed by atoms with Crippen LogP contribution in [0.25, 0.3) is 0 Å². The molecule has 6 nitrogen and oxygen atoms in total. The molecule has 0 aromatic carbocycles. The van der Waals surface area contributed by atoms with Gasteiger partial charge < -0.3 is 9.88 Å². The lowest BCUT2D eigenvalue weighted by Gasteiger charge is -2.40. The number of likely N-dealkylation sites (N-methyl/N-ethyl adjacent to an activating group) is 2. The van der Waals surface area contributed by atoms with Gasteiger partial charge in [-0.25, -0.2) is 4.98 Å². The van der Waals surface area contributed by atoms with Gasteiger partial charge in [-0.1, -0.05) is 13.8 Å². The molecule has 1 saturated carbocycles. The van der Waals surface area contributed by atoms with Gasteiger partial charge in [0.1, 0.15) is 5.82 Å². The molecule has 1 aliphatic heterocycles. The van der Waals surface area contributed by atoms with Crippen molar-refractivity contribution in [2.75, 3.05) is 39.3 Å². The zero-order valence-corrected chi connectivity index (χ0v) is 13.7. The number of rotatable bonds is 6. The van der Waals surface area contributed by atoms with Crippen molar-refractivity contribution in [2.45, 2.75) is 38.8 Å². The van der Waals surface area contributed by atoms with Crippen LogP contribution in [-0.2, 0) is 4.79 Å². The van der Waals surface area contributed by atoms with Crippen molar-refractivity contribution >= 4 is 5.91 Å². The predicted octanol–water partition coefficient (Wildman–Crippen LogP) is 1.10. The number of piperazine rings is 1. The van der Waals surface area contributed by atoms with Crippen LogP contribution in [0.4, 0.5) is 0 Å². The van der Waals surface area contributed by atoms with Crippen LogP contribution in [0.2, 0.25) is 0 Å². The molecule has 2 fully saturated rings. The van der Waals surface area contributed by atoms with Gasteiger partial charge in [-0.05, 0) is 25.9 Å². The molecule has 2 aliphatic rings. The maximum absolute atomic E-state index is 12.6. The highest BCUT2D eigenvalue weighted by atomic mass is 16.2. The van der Waals surface area contributed by atoms with Crippen molar-refractivity contribution < 1.29 is 4.79 Å². The Morgan fingerprint density at radius 1 is 1.41 bits per heavy atom. The van der Waals surface area contributed by atoms with E-state index >= 15 is 0 Å². The average Bonchev–Trinajstić information content (AvgIpc) is 3.25. The Kier molecular flexibility index (Phi) is 4.78. The number of carbonyl (C=O) groups is 1. The molecule has 2 heterocycles. The van der Waals surface area contributed by atoms with Gasteiger partial charge in [-0.15, -0.1) is 0 Å². The normalized spacial score (nSPS) is 23.2. The van der Waals surface area contributed by atoms with Gasteiger partial charge >= 0.3 is 0 Å². The molecule has 1 atom stereocenters. The fourth-order valence-corrected chi connectivity index (χ4v) is 3.36. The Hall–Kier alpha value is -1.40. The first kappa shape index (κ1) is 15.5. The van der Waals surface area contributed by atoms with Crippen molar-refractivity contribution in [3.05, 3.63) is 18.2 Å². The summed E-state index contributed by atoms with van der Waals surface area (Å²) in [6, 6.07) is 0.834. The van der Waals surface area contributed by atoms with Crippen molar-refractivity contribution in [1.29, 1.82) is 0 Å². The van der Waals surface area contributed by atoms with Crippen molar-refractivity contribution in [3.8, 4) is 0 Å². The average molecular weight is 305 g/mol. The van der Waals surface area contributed by atoms with Gasteiger partial charge in [0.05, 0.1) is 12.6 Å². The highest BCUT2D eigenvalue weighted by Gasteiger charge is 2.34. The number of nitrogens with one attached hydrogen (secondary N) is 1. The van der Waals surface area contributed by atoms with Crippen molar-refractivity contribution in [3.63, 3.8) is 0 Å². The van der Waals surface area contributed by atoms with Crippen molar-refractivity contribution in [2.24, 2.45) is 0 Å². The molecule has 1 N–H and O–H groups in total. The van der Waals surface area contributed by atoms with Crippen LogP contribution in [0.15, 0.2) is 12.4 Å². The summed E-state index contributed by atoms with van der Waals surface area (Å²) in [5.74, 6) is 1.23. The van der Waals surface area contributed by atoms with E-state index in [1.807, 2.05) is 11.1 Å². The molecule has 0 radical (unpaired) electrons. The first-order chi connectivity index (χ1) is 10.7. The second-order valence-corrected chi connectivity index (χ2v) is 6.25. The number of imidazole rings is 1. The summed E-state index contributed by atoms with van der Waals surface area (Å²) in [6.07, 6.45) is 6.14. The van der Waals surface area contributed by atoms with E-state index < -0.39 is 0 Å². The number of hydrogen-bond acceptors (Lipinski definition) is 4. The number of H-pyrrole nitrogens is 1. The molecule has 1 saturated heterocycles. The van der Waals surface area contributed by atoms with E-state index in [2.05, 4.69) is 33.6 Å². The second-order valence-electron chi connectivity index (χ2n) is 6.25. The molecule has 1 aliphatic carbocycles. The maximum atomic E-state index is 12.6. The Morgan fingerprint density at radius 2 is 2.23 bits per heavy atom. The van der Waals surface area contributed by atoms with Crippen LogP contribution in [-0.4, -0.2) is 75.9 Å². The molecular weight excluding hydrogens is 278 g/mol. The Morgan fingerprint density at radius 3 is 2.82 bits per heavy atom. The summed E-state index contributed by atoms with van der Waals surface area (Å²) in [6.45, 7) is 9.31. The highest BCUT2D eigenvalue weighted by molar-refractivity contribution is 5.78. The Bertz CT molecular complexity index is 485. The summed E-state index contributed by atoms with van der Waals surface area (Å²) >= 11 is 0. The molecule has 6 heteroatoms. The molecule has 1 aromatic rings. The Balaban J connectivity index is 1.63. The molecule has 1 amide bonds. The van der Waals surface area contributed by atoms with Crippen LogP contribution in [0.1, 0.15) is 38.6 Å². The molecule has 0 bridgehead atoms. The minimum atomic E-state index is 0.189. The van der Waals surface area contributed by atoms with Crippen LogP contribution < -0.4 is 0 Å². The quantitative estimate of drug-likeness (QED) is 0.855. The highest BCUT2D eigenvalue weighted by Crippen LogP contribution is 2.27. The number of aromatic nitrogens is 2. The Labute approximate surface area is 132 Å². The fourth-order valence-electron chi connectivity index (χ4n) is 3.36. The van der Waals surface area contributed by atoms with E-state index in [4.69, 9.17) is 0 Å². The van der Waals surface area contributed by atoms with Crippen LogP contribution in [0, 0.1) is 0 Å². The maximum Gasteiger partial charge on any atom is 0.236 e. The molecule has 0 unspecified atom stereocenters. The largest absolute Gasteiger partial charge is 0.347 e. The minimum Gasteiger partial charge on any atom is -0.347 e. The number of amides is 1. The third-order valence-corrected chi connectivity index (χ3v) is 4.89. The standard InChI is InChI=1S/C16H27N5O/c1-3-19-9-10-21(11-14(19)16-17-7-8-18-16)15(22)12-20(4-2)13-5-6-13/h7-8,13-14H,3-6,9-12H2,1-2H3,(H,17,18)/t14-/m1/s1. The van der Waals surface area contributed by atoms with Crippen LogP contribution in [0.3, 0.4) is 0 Å². The molecule has 1 aromatic heterocycles. The number of carbonyl (C=O) groups excluding carboxylic acids is 1. The van der Waals surface area contributed by atoms with E-state index in [0.717, 1.165) is 38.5 Å². The van der Waals surface area contributed by atoms with E-state index in [1.54, 1.807) is 6.20 Å². The van der Waals surface area contributed by atoms with E-state index in [-0.39, 0.29) is 11.9 Å². The molecule has 3 rings (SSSR count). The zero-order chi connectivity index (χ0) is 15.5. The summed E-state index contributed by atoms with van der Waals surface area (Å²) in [5, 5.41) is 0. The lowest BCUT2D eigenvalue weighted by Crippen LogP contribution is -2.52. The summed E-state index contributed by atoms with van der Waals surface area (Å²) in [4.78, 5) is 27.0. The fraction of sp³-hybridized carbons (Fsp3) is 0.750. The van der Waals surface area contributed by atoms with Gasteiger partial charge in [-0.3, -0.25) is 14.6 Å². The molecule has 122 valence electrons. The van der Waals surface area contributed by atoms with Gasteiger partial charge in [0.25, 0.3) is 0 Å². The van der Waals surface area contributed by atoms with Gasteiger partial charge in [0.2, 0.25) is 5.91 Å². The minimum absolute atomic E-state index is 0.189. The molecule has 0 spiro atoms. The van der Waals surface area contributed by atoms with E-state index in [9.17, 15) is 4.79 Å². The smallest absolute Gasteiger partial charge is 0.236 e. The van der Waals surface area contributed by atoms with Crippen LogP contribution in [0.5, 0.6) is 0 Å². The third kappa shape index (κ3) is 3.33. The first-order valence-electron chi connectivity index (χ1n) is 8.48. The summed E-state index contributed by atoms with van der Waals surface area (Å²) in [7, 11) is 0. The third-order valence-electron chi connectivity index (χ3n) is 4.89. The topological polar surface area (TPSA) is 55.5 Å². The lowest BCUT2D eigenvalue weighted by molar-refractivity contribution is -0.135. The van der Waals surface area contributed by atoms with Gasteiger partial charge in [0.15, 0.2) is 0 Å². The van der Waals surface area contributed by atoms with Gasteiger partial charge in [0, 0.05) is 38.1 Å². The number of aromatic amines is 1. The van der Waals surface area contributed by atoms with E-state index in [1.165, 1.54) is 12.8 Å². The summed E-state index contributed by atoms with van der Waals surface area (Å²) in [5.41, 5.74) is 0. The number of hydrogen-bond donors (Lipinski definition) is 1. The SMILES string of the molecule is CCN(CC(=O)N1CCN(CC)[C@@H](c2ncc[nH]2)C1)C1CC1. The second kappa shape index (κ2) is 6.79. The van der Waals surface area contributed by atoms with Gasteiger partial charge in [-0.2, -0.15) is 0 Å².